The normalized spacial score (nSPS) is 24.2. The van der Waals surface area contributed by atoms with E-state index < -0.39 is 0 Å². The Morgan fingerprint density at radius 3 is 2.65 bits per heavy atom. The minimum absolute atomic E-state index is 0.184. The van der Waals surface area contributed by atoms with Crippen LogP contribution in [0.2, 0.25) is 0 Å². The maximum absolute atomic E-state index is 12.2. The van der Waals surface area contributed by atoms with Crippen LogP contribution >= 0.6 is 11.8 Å². The van der Waals surface area contributed by atoms with Crippen molar-refractivity contribution in [3.63, 3.8) is 0 Å². The van der Waals surface area contributed by atoms with Crippen LogP contribution in [0.25, 0.3) is 0 Å². The van der Waals surface area contributed by atoms with Crippen LogP contribution in [0.4, 0.5) is 0 Å². The maximum atomic E-state index is 12.2. The Balaban J connectivity index is 2.01. The van der Waals surface area contributed by atoms with Crippen LogP contribution in [-0.2, 0) is 4.79 Å². The van der Waals surface area contributed by atoms with E-state index in [-0.39, 0.29) is 5.92 Å². The van der Waals surface area contributed by atoms with Crippen molar-refractivity contribution in [2.75, 3.05) is 0 Å². The molecule has 90 valence electrons. The summed E-state index contributed by atoms with van der Waals surface area (Å²) >= 11 is 1.39. The van der Waals surface area contributed by atoms with E-state index in [0.29, 0.717) is 11.0 Å². The van der Waals surface area contributed by atoms with Crippen molar-refractivity contribution in [1.29, 1.82) is 0 Å². The molecule has 1 nitrogen and oxygen atoms in total. The lowest BCUT2D eigenvalue weighted by Crippen LogP contribution is -2.22. The second kappa shape index (κ2) is 5.54. The molecule has 0 spiro atoms. The van der Waals surface area contributed by atoms with Gasteiger partial charge in [0.05, 0.1) is 0 Å². The quantitative estimate of drug-likeness (QED) is 0.571. The van der Waals surface area contributed by atoms with Gasteiger partial charge >= 0.3 is 0 Å². The van der Waals surface area contributed by atoms with Crippen LogP contribution in [0.1, 0.15) is 26.7 Å². The summed E-state index contributed by atoms with van der Waals surface area (Å²) in [6.45, 7) is 4.34. The Kier molecular flexibility index (Phi) is 4.06. The number of carbonyl (C=O) groups excluding carboxylic acids is 1. The van der Waals surface area contributed by atoms with Gasteiger partial charge in [0.15, 0.2) is 5.12 Å². The largest absolute Gasteiger partial charge is 0.287 e. The molecule has 17 heavy (non-hydrogen) atoms. The monoisotopic (exact) mass is 246 g/mol. The molecule has 0 heterocycles. The number of rotatable bonds is 2. The first-order chi connectivity index (χ1) is 8.16. The van der Waals surface area contributed by atoms with Crippen molar-refractivity contribution in [2.24, 2.45) is 11.8 Å². The molecule has 2 atom stereocenters. The summed E-state index contributed by atoms with van der Waals surface area (Å²) in [6, 6.07) is 9.92. The van der Waals surface area contributed by atoms with Crippen molar-refractivity contribution in [3.05, 3.63) is 42.0 Å². The molecule has 0 saturated carbocycles. The van der Waals surface area contributed by atoms with Crippen molar-refractivity contribution < 1.29 is 4.79 Å². The number of allylic oxidation sites excluding steroid dienone is 2. The van der Waals surface area contributed by atoms with Crippen LogP contribution in [-0.4, -0.2) is 5.12 Å². The van der Waals surface area contributed by atoms with Crippen molar-refractivity contribution in [1.82, 2.24) is 0 Å². The predicted octanol–water partition coefficient (Wildman–Crippen LogP) is 4.30. The zero-order chi connectivity index (χ0) is 12.3. The highest BCUT2D eigenvalue weighted by atomic mass is 32.2. The van der Waals surface area contributed by atoms with Gasteiger partial charge in [0, 0.05) is 10.8 Å². The molecule has 0 N–H and O–H groups in total. The molecule has 0 saturated heterocycles. The van der Waals surface area contributed by atoms with Gasteiger partial charge in [0.2, 0.25) is 0 Å². The summed E-state index contributed by atoms with van der Waals surface area (Å²) in [7, 11) is 0. The van der Waals surface area contributed by atoms with E-state index in [1.54, 1.807) is 0 Å². The molecule has 1 aliphatic carbocycles. The van der Waals surface area contributed by atoms with Crippen LogP contribution in [0.15, 0.2) is 46.9 Å². The fourth-order valence-electron chi connectivity index (χ4n) is 2.30. The van der Waals surface area contributed by atoms with E-state index in [9.17, 15) is 4.79 Å². The topological polar surface area (TPSA) is 17.1 Å². The van der Waals surface area contributed by atoms with Crippen LogP contribution in [0.5, 0.6) is 0 Å². The Morgan fingerprint density at radius 2 is 2.00 bits per heavy atom. The molecule has 0 fully saturated rings. The average Bonchev–Trinajstić information content (AvgIpc) is 2.30. The van der Waals surface area contributed by atoms with E-state index >= 15 is 0 Å². The Labute approximate surface area is 107 Å². The Hall–Kier alpha value is -1.02. The van der Waals surface area contributed by atoms with Gasteiger partial charge in [0.1, 0.15) is 0 Å². The van der Waals surface area contributed by atoms with Gasteiger partial charge in [0.25, 0.3) is 0 Å². The molecule has 2 heteroatoms. The van der Waals surface area contributed by atoms with E-state index in [0.717, 1.165) is 17.7 Å². The van der Waals surface area contributed by atoms with Gasteiger partial charge in [-0.25, -0.2) is 0 Å². The van der Waals surface area contributed by atoms with E-state index in [1.165, 1.54) is 17.3 Å². The fourth-order valence-corrected chi connectivity index (χ4v) is 3.31. The van der Waals surface area contributed by atoms with Gasteiger partial charge < -0.3 is 0 Å². The second-order valence-corrected chi connectivity index (χ2v) is 5.89. The van der Waals surface area contributed by atoms with Crippen molar-refractivity contribution in [3.8, 4) is 0 Å². The van der Waals surface area contributed by atoms with Gasteiger partial charge in [-0.15, -0.1) is 0 Å². The lowest BCUT2D eigenvalue weighted by atomic mass is 9.82. The first kappa shape index (κ1) is 12.4. The summed E-state index contributed by atoms with van der Waals surface area (Å²) in [5.41, 5.74) is 1.42. The molecule has 0 bridgehead atoms. The number of thioether (sulfide) groups is 1. The SMILES string of the molecule is CC1=CC[C@H](C(=O)Sc2ccccc2)[C@@H](C)C1. The molecule has 2 rings (SSSR count). The lowest BCUT2D eigenvalue weighted by Gasteiger charge is -2.26. The molecular weight excluding hydrogens is 228 g/mol. The van der Waals surface area contributed by atoms with E-state index in [4.69, 9.17) is 0 Å². The first-order valence-electron chi connectivity index (χ1n) is 6.09. The third-order valence-corrected chi connectivity index (χ3v) is 4.33. The minimum Gasteiger partial charge on any atom is -0.287 e. The third kappa shape index (κ3) is 3.22. The standard InChI is InChI=1S/C15H18OS/c1-11-8-9-14(12(2)10-11)15(16)17-13-6-4-3-5-7-13/h3-8,12,14H,9-10H2,1-2H3/t12-,14-/m0/s1. The molecule has 1 aliphatic rings. The van der Waals surface area contributed by atoms with Crippen LogP contribution < -0.4 is 0 Å². The molecule has 0 aromatic heterocycles. The summed E-state index contributed by atoms with van der Waals surface area (Å²) in [5, 5.41) is 0.312. The summed E-state index contributed by atoms with van der Waals surface area (Å²) in [4.78, 5) is 13.3. The fraction of sp³-hybridized carbons (Fsp3) is 0.400. The van der Waals surface area contributed by atoms with Gasteiger partial charge in [-0.3, -0.25) is 4.79 Å². The first-order valence-corrected chi connectivity index (χ1v) is 6.91. The van der Waals surface area contributed by atoms with Crippen molar-refractivity contribution >= 4 is 16.9 Å². The number of hydrogen-bond acceptors (Lipinski definition) is 2. The predicted molar refractivity (Wildman–Crippen MR) is 73.0 cm³/mol. The Morgan fingerprint density at radius 1 is 1.29 bits per heavy atom. The molecule has 0 aliphatic heterocycles. The minimum atomic E-state index is 0.184. The highest BCUT2D eigenvalue weighted by Crippen LogP contribution is 2.34. The summed E-state index contributed by atoms with van der Waals surface area (Å²) < 4.78 is 0. The van der Waals surface area contributed by atoms with Gasteiger partial charge in [-0.1, -0.05) is 48.5 Å². The molecule has 0 radical (unpaired) electrons. The third-order valence-electron chi connectivity index (χ3n) is 3.32. The molecule has 1 aromatic carbocycles. The van der Waals surface area contributed by atoms with Crippen LogP contribution in [0, 0.1) is 11.8 Å². The van der Waals surface area contributed by atoms with Gasteiger partial charge in [-0.05, 0) is 37.8 Å². The Bertz CT molecular complexity index is 422. The average molecular weight is 246 g/mol. The zero-order valence-corrected chi connectivity index (χ0v) is 11.2. The lowest BCUT2D eigenvalue weighted by molar-refractivity contribution is -0.115. The molecule has 0 amide bonds. The highest BCUT2D eigenvalue weighted by molar-refractivity contribution is 8.13. The zero-order valence-electron chi connectivity index (χ0n) is 10.3. The summed E-state index contributed by atoms with van der Waals surface area (Å²) in [6.07, 6.45) is 4.19. The number of carbonyl (C=O) groups is 1. The second-order valence-electron chi connectivity index (χ2n) is 4.81. The van der Waals surface area contributed by atoms with E-state index in [1.807, 2.05) is 30.3 Å². The maximum Gasteiger partial charge on any atom is 0.197 e. The van der Waals surface area contributed by atoms with Crippen molar-refractivity contribution in [2.45, 2.75) is 31.6 Å². The molecule has 0 unspecified atom stereocenters. The van der Waals surface area contributed by atoms with Crippen LogP contribution in [0.3, 0.4) is 0 Å². The number of benzene rings is 1. The summed E-state index contributed by atoms with van der Waals surface area (Å²) in [5.74, 6) is 0.660. The smallest absolute Gasteiger partial charge is 0.197 e. The van der Waals surface area contributed by atoms with E-state index in [2.05, 4.69) is 19.9 Å². The highest BCUT2D eigenvalue weighted by Gasteiger charge is 2.27. The van der Waals surface area contributed by atoms with Gasteiger partial charge in [-0.2, -0.15) is 0 Å². The molecular formula is C15H18OS. The number of hydrogen-bond donors (Lipinski definition) is 0. The molecule has 1 aromatic rings.